The first-order valence-electron chi connectivity index (χ1n) is 6.60. The summed E-state index contributed by atoms with van der Waals surface area (Å²) < 4.78 is 15.5. The van der Waals surface area contributed by atoms with Gasteiger partial charge in [-0.3, -0.25) is 9.18 Å². The van der Waals surface area contributed by atoms with Crippen LogP contribution in [0.25, 0.3) is 5.52 Å². The van der Waals surface area contributed by atoms with Crippen LogP contribution in [-0.4, -0.2) is 41.3 Å². The fourth-order valence-electron chi connectivity index (χ4n) is 2.61. The number of hydrogen-bond acceptors (Lipinski definition) is 4. The summed E-state index contributed by atoms with van der Waals surface area (Å²) in [6.45, 7) is 0.845. The quantitative estimate of drug-likeness (QED) is 0.768. The van der Waals surface area contributed by atoms with Crippen molar-refractivity contribution in [2.75, 3.05) is 25.1 Å². The highest BCUT2D eigenvalue weighted by atomic mass is 79.9. The highest BCUT2D eigenvalue weighted by Crippen LogP contribution is 2.27. The third kappa shape index (κ3) is 2.60. The standard InChI is InChI=1S/C13H15BrFN5O/c14-8-1-11-12(19-10-5-17-3-7(10)2-15)9(13(16)21)4-18-20(11)6-8/h1,4,6-7,10,17,19H,2-3,5H2,(H2,16,21)/t7-,10-/m1/s1. The van der Waals surface area contributed by atoms with E-state index in [2.05, 4.69) is 31.7 Å². The van der Waals surface area contributed by atoms with Gasteiger partial charge in [-0.1, -0.05) is 0 Å². The number of alkyl halides is 1. The highest BCUT2D eigenvalue weighted by molar-refractivity contribution is 9.10. The van der Waals surface area contributed by atoms with E-state index in [4.69, 9.17) is 5.73 Å². The predicted molar refractivity (Wildman–Crippen MR) is 81.2 cm³/mol. The Bertz CT molecular complexity index is 688. The molecule has 0 aromatic carbocycles. The number of aromatic nitrogens is 2. The van der Waals surface area contributed by atoms with Crippen molar-refractivity contribution in [2.45, 2.75) is 6.04 Å². The maximum atomic E-state index is 13.0. The van der Waals surface area contributed by atoms with Gasteiger partial charge in [-0.15, -0.1) is 0 Å². The van der Waals surface area contributed by atoms with Crippen LogP contribution < -0.4 is 16.4 Å². The van der Waals surface area contributed by atoms with E-state index in [-0.39, 0.29) is 12.0 Å². The summed E-state index contributed by atoms with van der Waals surface area (Å²) in [6.07, 6.45) is 3.21. The average Bonchev–Trinajstić information content (AvgIpc) is 3.03. The molecule has 1 saturated heterocycles. The van der Waals surface area contributed by atoms with Gasteiger partial charge in [0.2, 0.25) is 0 Å². The molecule has 21 heavy (non-hydrogen) atoms. The van der Waals surface area contributed by atoms with Crippen LogP contribution >= 0.6 is 15.9 Å². The normalized spacial score (nSPS) is 21.8. The first-order chi connectivity index (χ1) is 10.1. The minimum atomic E-state index is -0.562. The third-order valence-electron chi connectivity index (χ3n) is 3.74. The number of anilines is 1. The van der Waals surface area contributed by atoms with Crippen LogP contribution in [-0.2, 0) is 0 Å². The van der Waals surface area contributed by atoms with Crippen LogP contribution in [0.1, 0.15) is 10.4 Å². The zero-order chi connectivity index (χ0) is 15.0. The maximum Gasteiger partial charge on any atom is 0.252 e. The van der Waals surface area contributed by atoms with Crippen molar-refractivity contribution < 1.29 is 9.18 Å². The Morgan fingerprint density at radius 1 is 1.62 bits per heavy atom. The van der Waals surface area contributed by atoms with E-state index >= 15 is 0 Å². The lowest BCUT2D eigenvalue weighted by atomic mass is 10.0. The lowest BCUT2D eigenvalue weighted by molar-refractivity contribution is 0.100. The van der Waals surface area contributed by atoms with E-state index < -0.39 is 12.6 Å². The number of rotatable bonds is 4. The largest absolute Gasteiger partial charge is 0.378 e. The molecule has 6 nitrogen and oxygen atoms in total. The van der Waals surface area contributed by atoms with E-state index in [0.29, 0.717) is 24.3 Å². The first-order valence-corrected chi connectivity index (χ1v) is 7.39. The van der Waals surface area contributed by atoms with Crippen molar-refractivity contribution in [1.29, 1.82) is 0 Å². The minimum absolute atomic E-state index is 0.0898. The Hall–Kier alpha value is -1.67. The molecule has 0 saturated carbocycles. The monoisotopic (exact) mass is 355 g/mol. The Balaban J connectivity index is 2.05. The molecule has 1 aliphatic heterocycles. The van der Waals surface area contributed by atoms with Crippen LogP contribution in [0.5, 0.6) is 0 Å². The minimum Gasteiger partial charge on any atom is -0.378 e. The third-order valence-corrected chi connectivity index (χ3v) is 4.17. The average molecular weight is 356 g/mol. The molecule has 2 aromatic rings. The van der Waals surface area contributed by atoms with Crippen molar-refractivity contribution in [3.8, 4) is 0 Å². The van der Waals surface area contributed by atoms with Crippen LogP contribution in [0.4, 0.5) is 10.1 Å². The van der Waals surface area contributed by atoms with Gasteiger partial charge in [0.1, 0.15) is 0 Å². The van der Waals surface area contributed by atoms with Crippen LogP contribution in [0, 0.1) is 5.92 Å². The molecule has 2 atom stereocenters. The number of primary amides is 1. The van der Waals surface area contributed by atoms with Gasteiger partial charge in [0.05, 0.1) is 29.6 Å². The van der Waals surface area contributed by atoms with Gasteiger partial charge in [0.25, 0.3) is 5.91 Å². The van der Waals surface area contributed by atoms with E-state index in [0.717, 1.165) is 9.99 Å². The van der Waals surface area contributed by atoms with Crippen molar-refractivity contribution in [1.82, 2.24) is 14.9 Å². The SMILES string of the molecule is NC(=O)c1cnn2cc(Br)cc2c1N[C@@H]1CNC[C@H]1CF. The topological polar surface area (TPSA) is 84.5 Å². The summed E-state index contributed by atoms with van der Waals surface area (Å²) in [5.41, 5.74) is 7.05. The van der Waals surface area contributed by atoms with Crippen molar-refractivity contribution >= 4 is 33.0 Å². The molecule has 2 aromatic heterocycles. The molecule has 0 radical (unpaired) electrons. The Morgan fingerprint density at radius 3 is 3.14 bits per heavy atom. The molecule has 8 heteroatoms. The molecule has 3 heterocycles. The van der Waals surface area contributed by atoms with Gasteiger partial charge in [0.15, 0.2) is 0 Å². The van der Waals surface area contributed by atoms with Crippen molar-refractivity contribution in [2.24, 2.45) is 11.7 Å². The number of fused-ring (bicyclic) bond motifs is 1. The number of nitrogens with zero attached hydrogens (tertiary/aromatic N) is 2. The Labute approximate surface area is 129 Å². The molecule has 0 unspecified atom stereocenters. The van der Waals surface area contributed by atoms with E-state index in [9.17, 15) is 9.18 Å². The number of amides is 1. The summed E-state index contributed by atoms with van der Waals surface area (Å²) in [5, 5.41) is 10.6. The molecule has 1 aliphatic rings. The molecule has 0 aliphatic carbocycles. The van der Waals surface area contributed by atoms with Crippen molar-refractivity contribution in [3.05, 3.63) is 28.5 Å². The molecule has 4 N–H and O–H groups in total. The molecule has 0 spiro atoms. The van der Waals surface area contributed by atoms with Gasteiger partial charge in [0, 0.05) is 35.7 Å². The highest BCUT2D eigenvalue weighted by Gasteiger charge is 2.28. The summed E-state index contributed by atoms with van der Waals surface area (Å²) in [6, 6.07) is 1.75. The molecule has 1 amide bonds. The number of carbonyl (C=O) groups is 1. The number of nitrogens with two attached hydrogens (primary N) is 1. The van der Waals surface area contributed by atoms with Gasteiger partial charge in [-0.2, -0.15) is 5.10 Å². The molecule has 3 rings (SSSR count). The number of nitrogens with one attached hydrogen (secondary N) is 2. The zero-order valence-electron chi connectivity index (χ0n) is 11.1. The predicted octanol–water partition coefficient (Wildman–Crippen LogP) is 1.17. The van der Waals surface area contributed by atoms with E-state index in [1.807, 2.05) is 6.07 Å². The van der Waals surface area contributed by atoms with E-state index in [1.165, 1.54) is 6.20 Å². The van der Waals surface area contributed by atoms with Gasteiger partial charge < -0.3 is 16.4 Å². The van der Waals surface area contributed by atoms with Gasteiger partial charge in [-0.05, 0) is 22.0 Å². The first kappa shape index (κ1) is 14.3. The van der Waals surface area contributed by atoms with Gasteiger partial charge in [-0.25, -0.2) is 4.52 Å². The second-order valence-corrected chi connectivity index (χ2v) is 6.02. The second-order valence-electron chi connectivity index (χ2n) is 5.11. The van der Waals surface area contributed by atoms with Gasteiger partial charge >= 0.3 is 0 Å². The molecular weight excluding hydrogens is 341 g/mol. The smallest absolute Gasteiger partial charge is 0.252 e. The molecule has 0 bridgehead atoms. The fourth-order valence-corrected chi connectivity index (χ4v) is 3.02. The molecule has 1 fully saturated rings. The summed E-state index contributed by atoms with van der Waals surface area (Å²) in [7, 11) is 0. The van der Waals surface area contributed by atoms with Crippen molar-refractivity contribution in [3.63, 3.8) is 0 Å². The Morgan fingerprint density at radius 2 is 2.43 bits per heavy atom. The zero-order valence-corrected chi connectivity index (χ0v) is 12.7. The number of halogens is 2. The van der Waals surface area contributed by atoms with Crippen LogP contribution in [0.3, 0.4) is 0 Å². The molecule has 112 valence electrons. The summed E-state index contributed by atoms with van der Waals surface area (Å²) in [5.74, 6) is -0.690. The summed E-state index contributed by atoms with van der Waals surface area (Å²) in [4.78, 5) is 11.6. The fraction of sp³-hybridized carbons (Fsp3) is 0.385. The second kappa shape index (κ2) is 5.61. The molecular formula is C13H15BrFN5O. The lowest BCUT2D eigenvalue weighted by Gasteiger charge is -2.20. The lowest BCUT2D eigenvalue weighted by Crippen LogP contribution is -2.31. The number of carbonyl (C=O) groups excluding carboxylic acids is 1. The summed E-state index contributed by atoms with van der Waals surface area (Å²) >= 11 is 3.38. The number of hydrogen-bond donors (Lipinski definition) is 3. The van der Waals surface area contributed by atoms with Crippen LogP contribution in [0.2, 0.25) is 0 Å². The van der Waals surface area contributed by atoms with Crippen LogP contribution in [0.15, 0.2) is 22.9 Å². The maximum absolute atomic E-state index is 13.0. The Kier molecular flexibility index (Phi) is 3.81. The van der Waals surface area contributed by atoms with E-state index in [1.54, 1.807) is 10.7 Å².